The molecule has 0 saturated heterocycles. The Morgan fingerprint density at radius 2 is 1.83 bits per heavy atom. The largest absolute Gasteiger partial charge is 0.497 e. The fourth-order valence-electron chi connectivity index (χ4n) is 1.62. The summed E-state index contributed by atoms with van der Waals surface area (Å²) in [6.45, 7) is 3.58. The first-order chi connectivity index (χ1) is 8.40. The zero-order valence-corrected chi connectivity index (χ0v) is 11.9. The maximum atomic E-state index is 12.0. The van der Waals surface area contributed by atoms with E-state index in [1.165, 1.54) is 0 Å². The van der Waals surface area contributed by atoms with Crippen molar-refractivity contribution in [3.8, 4) is 5.75 Å². The third kappa shape index (κ3) is 3.71. The van der Waals surface area contributed by atoms with E-state index in [2.05, 4.69) is 0 Å². The molecule has 102 valence electrons. The molecule has 1 rings (SSSR count). The summed E-state index contributed by atoms with van der Waals surface area (Å²) in [6, 6.07) is 6.68. The molecule has 0 fully saturated rings. The van der Waals surface area contributed by atoms with E-state index in [0.717, 1.165) is 11.3 Å². The van der Waals surface area contributed by atoms with Gasteiger partial charge < -0.3 is 10.5 Å². The molecule has 0 aliphatic carbocycles. The maximum absolute atomic E-state index is 12.0. The lowest BCUT2D eigenvalue weighted by Gasteiger charge is -2.16. The van der Waals surface area contributed by atoms with E-state index in [0.29, 0.717) is 6.42 Å². The minimum atomic E-state index is -3.13. The minimum absolute atomic E-state index is 0.0195. The number of ether oxygens (including phenoxy) is 1. The van der Waals surface area contributed by atoms with Gasteiger partial charge >= 0.3 is 0 Å². The topological polar surface area (TPSA) is 69.4 Å². The Labute approximate surface area is 109 Å². The van der Waals surface area contributed by atoms with Gasteiger partial charge in [0.25, 0.3) is 0 Å². The summed E-state index contributed by atoms with van der Waals surface area (Å²) in [4.78, 5) is 0. The second-order valence-corrected chi connectivity index (χ2v) is 6.89. The van der Waals surface area contributed by atoms with Crippen LogP contribution >= 0.6 is 0 Å². The molecule has 0 bridgehead atoms. The number of sulfone groups is 1. The normalized spacial score (nSPS) is 15.1. The molecule has 0 heterocycles. The molecule has 2 N–H and O–H groups in total. The van der Waals surface area contributed by atoms with Crippen LogP contribution in [0.2, 0.25) is 0 Å². The molecule has 0 radical (unpaired) electrons. The Bertz CT molecular complexity index is 468. The van der Waals surface area contributed by atoms with Crippen LogP contribution in [0.25, 0.3) is 0 Å². The summed E-state index contributed by atoms with van der Waals surface area (Å²) >= 11 is 0. The molecule has 18 heavy (non-hydrogen) atoms. The molecule has 0 amide bonds. The molecule has 0 aliphatic heterocycles. The summed E-state index contributed by atoms with van der Waals surface area (Å²) < 4.78 is 29.0. The second kappa shape index (κ2) is 6.20. The van der Waals surface area contributed by atoms with Crippen LogP contribution < -0.4 is 10.5 Å². The molecule has 0 aliphatic rings. The van der Waals surface area contributed by atoms with E-state index in [9.17, 15) is 8.42 Å². The zero-order valence-electron chi connectivity index (χ0n) is 11.1. The summed E-state index contributed by atoms with van der Waals surface area (Å²) in [5.41, 5.74) is 6.75. The first kappa shape index (κ1) is 15.0. The number of hydrogen-bond acceptors (Lipinski definition) is 4. The van der Waals surface area contributed by atoms with Gasteiger partial charge in [0.2, 0.25) is 0 Å². The predicted molar refractivity (Wildman–Crippen MR) is 73.5 cm³/mol. The summed E-state index contributed by atoms with van der Waals surface area (Å²) in [6.07, 6.45) is 0.609. The molecule has 0 spiro atoms. The number of nitrogens with two attached hydrogens (primary N) is 1. The van der Waals surface area contributed by atoms with Gasteiger partial charge in [-0.05, 0) is 31.0 Å². The maximum Gasteiger partial charge on any atom is 0.154 e. The molecule has 1 aromatic rings. The molecule has 4 nitrogen and oxygen atoms in total. The molecular weight excluding hydrogens is 250 g/mol. The van der Waals surface area contributed by atoms with Gasteiger partial charge in [0.1, 0.15) is 5.75 Å². The Hall–Kier alpha value is -1.07. The third-order valence-electron chi connectivity index (χ3n) is 3.14. The van der Waals surface area contributed by atoms with Crippen LogP contribution in [0, 0.1) is 0 Å². The summed E-state index contributed by atoms with van der Waals surface area (Å²) in [5.74, 6) is 0.713. The van der Waals surface area contributed by atoms with Gasteiger partial charge in [-0.15, -0.1) is 0 Å². The van der Waals surface area contributed by atoms with Crippen molar-refractivity contribution in [1.29, 1.82) is 0 Å². The van der Waals surface area contributed by atoms with Crippen molar-refractivity contribution in [3.63, 3.8) is 0 Å². The quantitative estimate of drug-likeness (QED) is 0.858. The summed E-state index contributed by atoms with van der Waals surface area (Å²) in [5, 5.41) is -0.346. The highest BCUT2D eigenvalue weighted by molar-refractivity contribution is 7.92. The number of methoxy groups -OCH3 is 1. The van der Waals surface area contributed by atoms with Crippen molar-refractivity contribution in [3.05, 3.63) is 29.8 Å². The fraction of sp³-hybridized carbons (Fsp3) is 0.538. The molecule has 2 atom stereocenters. The van der Waals surface area contributed by atoms with Crippen molar-refractivity contribution in [2.75, 3.05) is 12.9 Å². The lowest BCUT2D eigenvalue weighted by atomic mass is 10.1. The van der Waals surface area contributed by atoms with Gasteiger partial charge in [-0.1, -0.05) is 19.1 Å². The van der Waals surface area contributed by atoms with Crippen molar-refractivity contribution >= 4 is 9.84 Å². The molecule has 0 saturated carbocycles. The highest BCUT2D eigenvalue weighted by Crippen LogP contribution is 2.19. The Kier molecular flexibility index (Phi) is 5.16. The van der Waals surface area contributed by atoms with E-state index in [1.807, 2.05) is 6.92 Å². The number of benzene rings is 1. The van der Waals surface area contributed by atoms with Crippen molar-refractivity contribution in [2.45, 2.75) is 31.6 Å². The van der Waals surface area contributed by atoms with Gasteiger partial charge in [-0.2, -0.15) is 0 Å². The lowest BCUT2D eigenvalue weighted by Crippen LogP contribution is -2.28. The molecule has 0 aromatic heterocycles. The van der Waals surface area contributed by atoms with Crippen LogP contribution in [-0.4, -0.2) is 26.5 Å². The van der Waals surface area contributed by atoms with Crippen LogP contribution in [-0.2, 0) is 9.84 Å². The van der Waals surface area contributed by atoms with Crippen LogP contribution in [0.4, 0.5) is 0 Å². The standard InChI is InChI=1S/C13H21NO3S/c1-4-10(2)18(15,16)9-13(14)11-5-7-12(17-3)8-6-11/h5-8,10,13H,4,9,14H2,1-3H3. The first-order valence-electron chi connectivity index (χ1n) is 6.01. The smallest absolute Gasteiger partial charge is 0.154 e. The van der Waals surface area contributed by atoms with Crippen molar-refractivity contribution < 1.29 is 13.2 Å². The lowest BCUT2D eigenvalue weighted by molar-refractivity contribution is 0.414. The van der Waals surface area contributed by atoms with Crippen LogP contribution in [0.1, 0.15) is 31.9 Å². The predicted octanol–water partition coefficient (Wildman–Crippen LogP) is 1.91. The minimum Gasteiger partial charge on any atom is -0.497 e. The molecular formula is C13H21NO3S. The Morgan fingerprint density at radius 1 is 1.28 bits per heavy atom. The fourth-order valence-corrected chi connectivity index (χ4v) is 3.15. The molecule has 5 heteroatoms. The monoisotopic (exact) mass is 271 g/mol. The highest BCUT2D eigenvalue weighted by atomic mass is 32.2. The average Bonchev–Trinajstić information content (AvgIpc) is 2.37. The van der Waals surface area contributed by atoms with Gasteiger partial charge in [0.05, 0.1) is 18.1 Å². The molecule has 2 unspecified atom stereocenters. The van der Waals surface area contributed by atoms with Gasteiger partial charge in [0.15, 0.2) is 9.84 Å². The third-order valence-corrected chi connectivity index (χ3v) is 5.53. The van der Waals surface area contributed by atoms with Crippen LogP contribution in [0.5, 0.6) is 5.75 Å². The van der Waals surface area contributed by atoms with E-state index < -0.39 is 15.9 Å². The zero-order chi connectivity index (χ0) is 13.8. The SMILES string of the molecule is CCC(C)S(=O)(=O)CC(N)c1ccc(OC)cc1. The first-order valence-corrected chi connectivity index (χ1v) is 7.73. The van der Waals surface area contributed by atoms with Crippen LogP contribution in [0.15, 0.2) is 24.3 Å². The van der Waals surface area contributed by atoms with Crippen LogP contribution in [0.3, 0.4) is 0 Å². The van der Waals surface area contributed by atoms with Gasteiger partial charge in [-0.3, -0.25) is 0 Å². The van der Waals surface area contributed by atoms with Crippen molar-refractivity contribution in [2.24, 2.45) is 5.73 Å². The van der Waals surface area contributed by atoms with E-state index in [1.54, 1.807) is 38.3 Å². The van der Waals surface area contributed by atoms with E-state index in [-0.39, 0.29) is 11.0 Å². The van der Waals surface area contributed by atoms with E-state index >= 15 is 0 Å². The number of rotatable bonds is 6. The van der Waals surface area contributed by atoms with Gasteiger partial charge in [0, 0.05) is 6.04 Å². The second-order valence-electron chi connectivity index (χ2n) is 4.43. The number of hydrogen-bond donors (Lipinski definition) is 1. The summed E-state index contributed by atoms with van der Waals surface area (Å²) in [7, 11) is -1.54. The van der Waals surface area contributed by atoms with Gasteiger partial charge in [-0.25, -0.2) is 8.42 Å². The molecule has 1 aromatic carbocycles. The average molecular weight is 271 g/mol. The van der Waals surface area contributed by atoms with E-state index in [4.69, 9.17) is 10.5 Å². The Balaban J connectivity index is 2.78. The highest BCUT2D eigenvalue weighted by Gasteiger charge is 2.23. The Morgan fingerprint density at radius 3 is 2.28 bits per heavy atom. The van der Waals surface area contributed by atoms with Crippen molar-refractivity contribution in [1.82, 2.24) is 0 Å².